The molecule has 1 heterocycles. The standard InChI is InChI=1S/C22H22N4OS/c23-13-18-17-7-4-12-26(14-15-8-9-15)20(17)11-10-19(18)24-22(28)25-21(27)16-5-2-1-3-6-16/h1-3,5-6,10-11,15H,4,7-9,12,14H2,(H2,24,25,27,28). The SMILES string of the molecule is N#Cc1c(NC(=S)NC(=O)c2ccccc2)ccc2c1CCCN2CC1CC1. The Labute approximate surface area is 170 Å². The minimum Gasteiger partial charge on any atom is -0.371 e. The largest absolute Gasteiger partial charge is 0.371 e. The molecule has 6 heteroatoms. The zero-order valence-electron chi connectivity index (χ0n) is 15.6. The van der Waals surface area contributed by atoms with Crippen molar-refractivity contribution in [3.05, 3.63) is 59.2 Å². The summed E-state index contributed by atoms with van der Waals surface area (Å²) in [6.07, 6.45) is 4.56. The molecule has 0 spiro atoms. The Morgan fingerprint density at radius 2 is 2.00 bits per heavy atom. The fraction of sp³-hybridized carbons (Fsp3) is 0.318. The van der Waals surface area contributed by atoms with Crippen LogP contribution in [-0.4, -0.2) is 24.1 Å². The normalized spacial score (nSPS) is 15.3. The monoisotopic (exact) mass is 390 g/mol. The highest BCUT2D eigenvalue weighted by atomic mass is 32.1. The molecule has 0 unspecified atom stereocenters. The lowest BCUT2D eigenvalue weighted by Crippen LogP contribution is -2.35. The predicted octanol–water partition coefficient (Wildman–Crippen LogP) is 3.85. The van der Waals surface area contributed by atoms with Crippen LogP contribution in [0.4, 0.5) is 11.4 Å². The number of hydrogen-bond acceptors (Lipinski definition) is 4. The summed E-state index contributed by atoms with van der Waals surface area (Å²) in [6, 6.07) is 15.2. The Morgan fingerprint density at radius 1 is 1.21 bits per heavy atom. The number of anilines is 2. The number of fused-ring (bicyclic) bond motifs is 1. The van der Waals surface area contributed by atoms with Crippen molar-refractivity contribution in [2.24, 2.45) is 5.92 Å². The summed E-state index contributed by atoms with van der Waals surface area (Å²) < 4.78 is 0. The molecule has 2 aromatic carbocycles. The Hall–Kier alpha value is -2.91. The number of benzene rings is 2. The minimum absolute atomic E-state index is 0.191. The Balaban J connectivity index is 1.51. The van der Waals surface area contributed by atoms with E-state index in [1.807, 2.05) is 12.1 Å². The summed E-state index contributed by atoms with van der Waals surface area (Å²) in [5.74, 6) is 0.528. The van der Waals surface area contributed by atoms with Crippen molar-refractivity contribution >= 4 is 34.6 Å². The Bertz CT molecular complexity index is 947. The van der Waals surface area contributed by atoms with Crippen molar-refractivity contribution in [1.82, 2.24) is 5.32 Å². The second-order valence-electron chi connectivity index (χ2n) is 7.36. The summed E-state index contributed by atoms with van der Waals surface area (Å²) >= 11 is 5.30. The lowest BCUT2D eigenvalue weighted by molar-refractivity contribution is 0.0977. The number of hydrogen-bond donors (Lipinski definition) is 2. The van der Waals surface area contributed by atoms with Crippen LogP contribution in [-0.2, 0) is 6.42 Å². The van der Waals surface area contributed by atoms with Gasteiger partial charge in [-0.2, -0.15) is 5.26 Å². The van der Waals surface area contributed by atoms with Crippen molar-refractivity contribution in [2.45, 2.75) is 25.7 Å². The van der Waals surface area contributed by atoms with E-state index in [0.29, 0.717) is 16.8 Å². The molecular formula is C22H22N4OS. The highest BCUT2D eigenvalue weighted by molar-refractivity contribution is 7.80. The molecule has 1 fully saturated rings. The van der Waals surface area contributed by atoms with Gasteiger partial charge in [-0.1, -0.05) is 18.2 Å². The number of carbonyl (C=O) groups is 1. The van der Waals surface area contributed by atoms with Crippen LogP contribution >= 0.6 is 12.2 Å². The second-order valence-corrected chi connectivity index (χ2v) is 7.77. The average Bonchev–Trinajstić information content (AvgIpc) is 3.52. The molecule has 28 heavy (non-hydrogen) atoms. The van der Waals surface area contributed by atoms with Gasteiger partial charge in [0.25, 0.3) is 5.91 Å². The molecular weight excluding hydrogens is 368 g/mol. The fourth-order valence-corrected chi connectivity index (χ4v) is 3.91. The molecule has 2 aliphatic rings. The summed E-state index contributed by atoms with van der Waals surface area (Å²) in [5.41, 5.74) is 4.05. The number of nitrogens with zero attached hydrogens (tertiary/aromatic N) is 2. The van der Waals surface area contributed by atoms with E-state index >= 15 is 0 Å². The van der Waals surface area contributed by atoms with Gasteiger partial charge in [0.05, 0.1) is 11.3 Å². The number of rotatable bonds is 4. The zero-order chi connectivity index (χ0) is 19.5. The number of thiocarbonyl (C=S) groups is 1. The first-order chi connectivity index (χ1) is 13.7. The molecule has 1 saturated carbocycles. The van der Waals surface area contributed by atoms with E-state index < -0.39 is 0 Å². The fourth-order valence-electron chi connectivity index (χ4n) is 3.71. The molecule has 1 aliphatic carbocycles. The van der Waals surface area contributed by atoms with Crippen LogP contribution in [0.15, 0.2) is 42.5 Å². The van der Waals surface area contributed by atoms with E-state index in [9.17, 15) is 10.1 Å². The van der Waals surface area contributed by atoms with E-state index in [2.05, 4.69) is 27.7 Å². The molecule has 2 N–H and O–H groups in total. The van der Waals surface area contributed by atoms with Gasteiger partial charge < -0.3 is 10.2 Å². The third kappa shape index (κ3) is 4.00. The van der Waals surface area contributed by atoms with E-state index in [-0.39, 0.29) is 11.0 Å². The second kappa shape index (κ2) is 7.99. The first-order valence-corrected chi connectivity index (χ1v) is 10.0. The first-order valence-electron chi connectivity index (χ1n) is 9.64. The lowest BCUT2D eigenvalue weighted by Gasteiger charge is -2.32. The topological polar surface area (TPSA) is 68.2 Å². The lowest BCUT2D eigenvalue weighted by atomic mass is 9.95. The summed E-state index contributed by atoms with van der Waals surface area (Å²) in [6.45, 7) is 2.13. The van der Waals surface area contributed by atoms with Gasteiger partial charge in [-0.3, -0.25) is 10.1 Å². The summed E-state index contributed by atoms with van der Waals surface area (Å²) in [4.78, 5) is 14.7. The molecule has 0 saturated heterocycles. The van der Waals surface area contributed by atoms with E-state index in [0.717, 1.165) is 37.4 Å². The number of nitrogens with one attached hydrogen (secondary N) is 2. The van der Waals surface area contributed by atoms with Crippen molar-refractivity contribution in [3.63, 3.8) is 0 Å². The molecule has 4 rings (SSSR count). The molecule has 0 aromatic heterocycles. The third-order valence-corrected chi connectivity index (χ3v) is 5.49. The van der Waals surface area contributed by atoms with Crippen LogP contribution in [0.2, 0.25) is 0 Å². The predicted molar refractivity (Wildman–Crippen MR) is 115 cm³/mol. The number of carbonyl (C=O) groups excluding carboxylic acids is 1. The van der Waals surface area contributed by atoms with Gasteiger partial charge in [-0.25, -0.2) is 0 Å². The molecule has 0 atom stereocenters. The van der Waals surface area contributed by atoms with Crippen LogP contribution in [0.1, 0.15) is 40.7 Å². The molecule has 0 bridgehead atoms. The van der Waals surface area contributed by atoms with Gasteiger partial charge >= 0.3 is 0 Å². The summed E-state index contributed by atoms with van der Waals surface area (Å²) in [7, 11) is 0. The van der Waals surface area contributed by atoms with E-state index in [4.69, 9.17) is 12.2 Å². The van der Waals surface area contributed by atoms with Crippen LogP contribution in [0, 0.1) is 17.2 Å². The molecule has 1 aliphatic heterocycles. The molecule has 1 amide bonds. The van der Waals surface area contributed by atoms with E-state index in [1.165, 1.54) is 18.5 Å². The number of nitriles is 1. The van der Waals surface area contributed by atoms with Gasteiger partial charge in [-0.05, 0) is 73.6 Å². The highest BCUT2D eigenvalue weighted by Gasteiger charge is 2.28. The van der Waals surface area contributed by atoms with Crippen LogP contribution < -0.4 is 15.5 Å². The van der Waals surface area contributed by atoms with Crippen LogP contribution in [0.5, 0.6) is 0 Å². The molecule has 2 aromatic rings. The van der Waals surface area contributed by atoms with Gasteiger partial charge in [0.1, 0.15) is 6.07 Å². The smallest absolute Gasteiger partial charge is 0.257 e. The first kappa shape index (κ1) is 18.5. The maximum atomic E-state index is 12.3. The Morgan fingerprint density at radius 3 is 2.71 bits per heavy atom. The van der Waals surface area contributed by atoms with E-state index in [1.54, 1.807) is 24.3 Å². The molecule has 5 nitrogen and oxygen atoms in total. The molecule has 0 radical (unpaired) electrons. The van der Waals surface area contributed by atoms with Gasteiger partial charge in [0.2, 0.25) is 0 Å². The molecule has 142 valence electrons. The number of amides is 1. The van der Waals surface area contributed by atoms with Crippen molar-refractivity contribution in [2.75, 3.05) is 23.3 Å². The Kier molecular flexibility index (Phi) is 5.27. The van der Waals surface area contributed by atoms with Crippen LogP contribution in [0.25, 0.3) is 0 Å². The quantitative estimate of drug-likeness (QED) is 0.776. The highest BCUT2D eigenvalue weighted by Crippen LogP contribution is 2.37. The minimum atomic E-state index is -0.273. The van der Waals surface area contributed by atoms with Gasteiger partial charge in [0.15, 0.2) is 5.11 Å². The van der Waals surface area contributed by atoms with Crippen molar-refractivity contribution in [3.8, 4) is 6.07 Å². The van der Waals surface area contributed by atoms with Gasteiger partial charge in [0, 0.05) is 24.3 Å². The van der Waals surface area contributed by atoms with Crippen LogP contribution in [0.3, 0.4) is 0 Å². The maximum absolute atomic E-state index is 12.3. The van der Waals surface area contributed by atoms with Gasteiger partial charge in [-0.15, -0.1) is 0 Å². The third-order valence-electron chi connectivity index (χ3n) is 5.28. The summed E-state index contributed by atoms with van der Waals surface area (Å²) in [5, 5.41) is 15.7. The average molecular weight is 391 g/mol. The maximum Gasteiger partial charge on any atom is 0.257 e. The van der Waals surface area contributed by atoms with Crippen molar-refractivity contribution < 1.29 is 4.79 Å². The van der Waals surface area contributed by atoms with Crippen molar-refractivity contribution in [1.29, 1.82) is 5.26 Å². The zero-order valence-corrected chi connectivity index (χ0v) is 16.4.